The van der Waals surface area contributed by atoms with Crippen molar-refractivity contribution in [2.24, 2.45) is 17.6 Å². The Morgan fingerprint density at radius 1 is 1.05 bits per heavy atom. The van der Waals surface area contributed by atoms with Crippen LogP contribution in [-0.4, -0.2) is 86.0 Å². The molecule has 2 amide bonds. The minimum absolute atomic E-state index is 0.00902. The molecule has 2 heterocycles. The summed E-state index contributed by atoms with van der Waals surface area (Å²) in [6.45, 7) is 9.92. The van der Waals surface area contributed by atoms with Crippen molar-refractivity contribution < 1.29 is 27.5 Å². The van der Waals surface area contributed by atoms with Crippen molar-refractivity contribution in [3.63, 3.8) is 0 Å². The SMILES string of the molecule is CC[C@@H]1CCCN(C(=O)OC(C)(C)C)[C@@H]1C(=O)C[C@@H](Cc1ccc(N2CCN(S(C)(=O)=O)CC2)cc1)C(N)=O. The molecule has 39 heavy (non-hydrogen) atoms. The second-order valence-corrected chi connectivity index (χ2v) is 13.7. The number of benzene rings is 1. The van der Waals surface area contributed by atoms with Crippen LogP contribution in [0.25, 0.3) is 0 Å². The molecule has 218 valence electrons. The number of likely N-dealkylation sites (tertiary alicyclic amines) is 1. The molecule has 11 heteroatoms. The van der Waals surface area contributed by atoms with Crippen molar-refractivity contribution in [2.45, 2.75) is 71.4 Å². The van der Waals surface area contributed by atoms with Crippen LogP contribution in [0.15, 0.2) is 24.3 Å². The van der Waals surface area contributed by atoms with E-state index in [9.17, 15) is 22.8 Å². The highest BCUT2D eigenvalue weighted by Crippen LogP contribution is 2.31. The molecule has 3 rings (SSSR count). The molecule has 0 unspecified atom stereocenters. The number of amides is 2. The Morgan fingerprint density at radius 3 is 2.18 bits per heavy atom. The van der Waals surface area contributed by atoms with Crippen LogP contribution in [0.3, 0.4) is 0 Å². The van der Waals surface area contributed by atoms with E-state index in [1.165, 1.54) is 10.6 Å². The maximum atomic E-state index is 13.6. The fourth-order valence-electron chi connectivity index (χ4n) is 5.51. The fourth-order valence-corrected chi connectivity index (χ4v) is 6.33. The van der Waals surface area contributed by atoms with Gasteiger partial charge in [-0.3, -0.25) is 14.5 Å². The summed E-state index contributed by atoms with van der Waals surface area (Å²) in [7, 11) is -3.19. The van der Waals surface area contributed by atoms with E-state index in [1.54, 1.807) is 25.7 Å². The number of Topliss-reactive ketones (excluding diaryl/α,β-unsaturated/α-hetero) is 1. The number of piperazine rings is 1. The Kier molecular flexibility index (Phi) is 10.0. The lowest BCUT2D eigenvalue weighted by atomic mass is 9.81. The van der Waals surface area contributed by atoms with Gasteiger partial charge in [-0.1, -0.05) is 25.5 Å². The number of primary amides is 1. The number of nitrogens with two attached hydrogens (primary N) is 1. The van der Waals surface area contributed by atoms with Gasteiger partial charge in [-0.25, -0.2) is 13.2 Å². The monoisotopic (exact) mass is 564 g/mol. The van der Waals surface area contributed by atoms with Crippen LogP contribution < -0.4 is 10.6 Å². The summed E-state index contributed by atoms with van der Waals surface area (Å²) >= 11 is 0. The number of carbonyl (C=O) groups is 3. The van der Waals surface area contributed by atoms with Crippen molar-refractivity contribution in [1.29, 1.82) is 0 Å². The number of hydrogen-bond acceptors (Lipinski definition) is 7. The van der Waals surface area contributed by atoms with Crippen LogP contribution in [0.4, 0.5) is 10.5 Å². The number of ketones is 1. The van der Waals surface area contributed by atoms with Gasteiger partial charge in [0.05, 0.1) is 12.3 Å². The summed E-state index contributed by atoms with van der Waals surface area (Å²) in [6.07, 6.45) is 3.40. The third-order valence-electron chi connectivity index (χ3n) is 7.58. The molecule has 2 N–H and O–H groups in total. The smallest absolute Gasteiger partial charge is 0.410 e. The molecule has 0 spiro atoms. The summed E-state index contributed by atoms with van der Waals surface area (Å²) in [4.78, 5) is 42.6. The number of piperidine rings is 1. The molecule has 1 aromatic rings. The van der Waals surface area contributed by atoms with Gasteiger partial charge >= 0.3 is 6.09 Å². The minimum Gasteiger partial charge on any atom is -0.444 e. The van der Waals surface area contributed by atoms with Crippen LogP contribution in [0.2, 0.25) is 0 Å². The Bertz CT molecular complexity index is 1120. The number of carbonyl (C=O) groups excluding carboxylic acids is 3. The first kappa shape index (κ1) is 30.9. The fraction of sp³-hybridized carbons (Fsp3) is 0.679. The van der Waals surface area contributed by atoms with Crippen molar-refractivity contribution >= 4 is 33.5 Å². The first-order valence-corrected chi connectivity index (χ1v) is 15.6. The average molecular weight is 565 g/mol. The molecule has 1 aromatic carbocycles. The van der Waals surface area contributed by atoms with E-state index in [1.807, 2.05) is 31.2 Å². The molecule has 0 aliphatic carbocycles. The van der Waals surface area contributed by atoms with E-state index in [4.69, 9.17) is 10.5 Å². The van der Waals surface area contributed by atoms with E-state index in [2.05, 4.69) is 4.90 Å². The molecule has 0 aromatic heterocycles. The second-order valence-electron chi connectivity index (χ2n) is 11.7. The Hall–Kier alpha value is -2.66. The van der Waals surface area contributed by atoms with Gasteiger partial charge in [0.25, 0.3) is 0 Å². The quantitative estimate of drug-likeness (QED) is 0.488. The highest BCUT2D eigenvalue weighted by molar-refractivity contribution is 7.88. The predicted octanol–water partition coefficient (Wildman–Crippen LogP) is 2.80. The summed E-state index contributed by atoms with van der Waals surface area (Å²) in [5.74, 6) is -1.38. The molecule has 2 aliphatic rings. The molecular weight excluding hydrogens is 520 g/mol. The van der Waals surface area contributed by atoms with Crippen LogP contribution in [0.5, 0.6) is 0 Å². The van der Waals surface area contributed by atoms with Crippen LogP contribution >= 0.6 is 0 Å². The van der Waals surface area contributed by atoms with Crippen LogP contribution in [0, 0.1) is 11.8 Å². The summed E-state index contributed by atoms with van der Waals surface area (Å²) in [5.41, 5.74) is 6.92. The molecule has 2 fully saturated rings. The van der Waals surface area contributed by atoms with Crippen LogP contribution in [0.1, 0.15) is 58.9 Å². The maximum absolute atomic E-state index is 13.6. The minimum atomic E-state index is -3.19. The number of nitrogens with zero attached hydrogens (tertiary/aromatic N) is 3. The first-order valence-electron chi connectivity index (χ1n) is 13.8. The third kappa shape index (κ3) is 8.41. The van der Waals surface area contributed by atoms with Crippen molar-refractivity contribution in [3.8, 4) is 0 Å². The molecule has 2 aliphatic heterocycles. The zero-order chi connectivity index (χ0) is 29.0. The topological polar surface area (TPSA) is 130 Å². The maximum Gasteiger partial charge on any atom is 0.410 e. The predicted molar refractivity (Wildman–Crippen MR) is 151 cm³/mol. The van der Waals surface area contributed by atoms with Crippen molar-refractivity contribution in [2.75, 3.05) is 43.9 Å². The molecule has 0 bridgehead atoms. The van der Waals surface area contributed by atoms with Gasteiger partial charge < -0.3 is 15.4 Å². The number of rotatable bonds is 9. The lowest BCUT2D eigenvalue weighted by Crippen LogP contribution is -2.54. The molecule has 0 saturated carbocycles. The third-order valence-corrected chi connectivity index (χ3v) is 8.88. The lowest BCUT2D eigenvalue weighted by Gasteiger charge is -2.41. The van der Waals surface area contributed by atoms with Gasteiger partial charge in [0, 0.05) is 50.7 Å². The zero-order valence-corrected chi connectivity index (χ0v) is 24.7. The summed E-state index contributed by atoms with van der Waals surface area (Å²) < 4.78 is 30.6. The summed E-state index contributed by atoms with van der Waals surface area (Å²) in [5, 5.41) is 0. The highest BCUT2D eigenvalue weighted by atomic mass is 32.2. The Balaban J connectivity index is 1.68. The van der Waals surface area contributed by atoms with Gasteiger partial charge in [0.15, 0.2) is 5.78 Å². The Morgan fingerprint density at radius 2 is 1.67 bits per heavy atom. The second kappa shape index (κ2) is 12.7. The van der Waals surface area contributed by atoms with Gasteiger partial charge in [-0.2, -0.15) is 4.31 Å². The summed E-state index contributed by atoms with van der Waals surface area (Å²) in [6, 6.07) is 7.10. The molecule has 3 atom stereocenters. The molecule has 2 saturated heterocycles. The van der Waals surface area contributed by atoms with E-state index in [0.717, 1.165) is 30.5 Å². The van der Waals surface area contributed by atoms with E-state index in [0.29, 0.717) is 39.1 Å². The van der Waals surface area contributed by atoms with E-state index >= 15 is 0 Å². The number of sulfonamides is 1. The largest absolute Gasteiger partial charge is 0.444 e. The number of hydrogen-bond donors (Lipinski definition) is 1. The number of anilines is 1. The zero-order valence-electron chi connectivity index (χ0n) is 23.9. The van der Waals surface area contributed by atoms with Crippen molar-refractivity contribution in [1.82, 2.24) is 9.21 Å². The molecular formula is C28H44N4O6S. The Labute approximate surface area is 232 Å². The van der Waals surface area contributed by atoms with Gasteiger partial charge in [-0.05, 0) is 63.6 Å². The normalized spacial score (nSPS) is 21.9. The van der Waals surface area contributed by atoms with E-state index < -0.39 is 39.6 Å². The first-order chi connectivity index (χ1) is 18.2. The van der Waals surface area contributed by atoms with Crippen molar-refractivity contribution in [3.05, 3.63) is 29.8 Å². The highest BCUT2D eigenvalue weighted by Gasteiger charge is 2.41. The number of ether oxygens (including phenoxy) is 1. The molecule has 10 nitrogen and oxygen atoms in total. The lowest BCUT2D eigenvalue weighted by molar-refractivity contribution is -0.132. The van der Waals surface area contributed by atoms with Crippen LogP contribution in [-0.2, 0) is 30.8 Å². The average Bonchev–Trinajstić information content (AvgIpc) is 2.86. The van der Waals surface area contributed by atoms with E-state index in [-0.39, 0.29) is 18.1 Å². The van der Waals surface area contributed by atoms with Gasteiger partial charge in [0.2, 0.25) is 15.9 Å². The molecule has 0 radical (unpaired) electrons. The standard InChI is InChI=1S/C28H44N4O6S/c1-6-21-8-7-13-32(27(35)38-28(2,3)4)25(21)24(33)19-22(26(29)34)18-20-9-11-23(12-10-20)30-14-16-31(17-15-30)39(5,36)37/h9-12,21-22,25H,6-8,13-19H2,1-5H3,(H2,29,34)/t21-,22-,25+/m1/s1. The van der Waals surface area contributed by atoms with Gasteiger partial charge in [-0.15, -0.1) is 0 Å². The van der Waals surface area contributed by atoms with Gasteiger partial charge in [0.1, 0.15) is 5.60 Å².